The Kier molecular flexibility index (Phi) is 5.09. The lowest BCUT2D eigenvalue weighted by Crippen LogP contribution is -2.30. The van der Waals surface area contributed by atoms with Gasteiger partial charge in [-0.3, -0.25) is 4.79 Å². The van der Waals surface area contributed by atoms with E-state index >= 15 is 0 Å². The zero-order chi connectivity index (χ0) is 19.7. The van der Waals surface area contributed by atoms with Crippen LogP contribution in [0.3, 0.4) is 0 Å². The number of ether oxygens (including phenoxy) is 3. The van der Waals surface area contributed by atoms with Crippen molar-refractivity contribution < 1.29 is 28.9 Å². The summed E-state index contributed by atoms with van der Waals surface area (Å²) in [6, 6.07) is 5.01. The molecule has 144 valence electrons. The molecule has 3 N–H and O–H groups in total. The third-order valence-corrected chi connectivity index (χ3v) is 4.41. The van der Waals surface area contributed by atoms with Crippen LogP contribution in [0.2, 0.25) is 0 Å². The molecule has 1 aromatic heterocycles. The molecule has 1 aliphatic rings. The highest BCUT2D eigenvalue weighted by molar-refractivity contribution is 5.97. The molecule has 8 nitrogen and oxygen atoms in total. The fourth-order valence-corrected chi connectivity index (χ4v) is 3.09. The first-order valence-corrected chi connectivity index (χ1v) is 8.56. The smallest absolute Gasteiger partial charge is 0.355 e. The van der Waals surface area contributed by atoms with Gasteiger partial charge in [-0.1, -0.05) is 0 Å². The van der Waals surface area contributed by atoms with Crippen LogP contribution in [0.1, 0.15) is 47.3 Å². The Morgan fingerprint density at radius 1 is 1.22 bits per heavy atom. The summed E-state index contributed by atoms with van der Waals surface area (Å²) in [6.45, 7) is 6.74. The van der Waals surface area contributed by atoms with E-state index in [0.29, 0.717) is 34.0 Å². The molecular weight excluding hydrogens is 352 g/mol. The standard InChI is InChI=1S/C19H22N2O6/c1-9-16(11(3)22)10(2)20-17(9)19(24)27-12(4)18(23)21-13-5-6-14-15(7-13)26-8-25-14/h5-7,11-12,20,22H,8H2,1-4H3,(H,21,23)/t11-,12+/m1/s1. The van der Waals surface area contributed by atoms with Crippen molar-refractivity contribution >= 4 is 17.6 Å². The fraction of sp³-hybridized carbons (Fsp3) is 0.368. The summed E-state index contributed by atoms with van der Waals surface area (Å²) < 4.78 is 15.8. The first kappa shape index (κ1) is 18.8. The van der Waals surface area contributed by atoms with Gasteiger partial charge in [0.1, 0.15) is 5.69 Å². The van der Waals surface area contributed by atoms with Crippen LogP contribution in [0.4, 0.5) is 5.69 Å². The second kappa shape index (κ2) is 7.32. The number of carbonyl (C=O) groups is 2. The average Bonchev–Trinajstić information content (AvgIpc) is 3.18. The second-order valence-electron chi connectivity index (χ2n) is 6.44. The molecule has 8 heteroatoms. The molecule has 0 bridgehead atoms. The van der Waals surface area contributed by atoms with E-state index in [9.17, 15) is 14.7 Å². The quantitative estimate of drug-likeness (QED) is 0.694. The van der Waals surface area contributed by atoms with E-state index < -0.39 is 24.1 Å². The van der Waals surface area contributed by atoms with Crippen LogP contribution in [0.5, 0.6) is 11.5 Å². The Balaban J connectivity index is 1.66. The second-order valence-corrected chi connectivity index (χ2v) is 6.44. The number of carbonyl (C=O) groups excluding carboxylic acids is 2. The molecule has 27 heavy (non-hydrogen) atoms. The van der Waals surface area contributed by atoms with Crippen molar-refractivity contribution in [3.63, 3.8) is 0 Å². The topological polar surface area (TPSA) is 110 Å². The lowest BCUT2D eigenvalue weighted by atomic mass is 10.1. The number of hydrogen-bond acceptors (Lipinski definition) is 6. The predicted octanol–water partition coefficient (Wildman–Crippen LogP) is 2.60. The SMILES string of the molecule is Cc1[nH]c(C(=O)O[C@@H](C)C(=O)Nc2ccc3c(c2)OCO3)c(C)c1[C@@H](C)O. The minimum atomic E-state index is -1.01. The molecule has 0 aliphatic carbocycles. The van der Waals surface area contributed by atoms with Gasteiger partial charge in [0.15, 0.2) is 17.6 Å². The molecule has 2 aromatic rings. The number of rotatable bonds is 5. The highest BCUT2D eigenvalue weighted by Crippen LogP contribution is 2.34. The van der Waals surface area contributed by atoms with Crippen molar-refractivity contribution in [1.82, 2.24) is 4.98 Å². The number of anilines is 1. The third-order valence-electron chi connectivity index (χ3n) is 4.41. The molecule has 0 saturated carbocycles. The van der Waals surface area contributed by atoms with Crippen molar-refractivity contribution in [3.05, 3.63) is 40.7 Å². The lowest BCUT2D eigenvalue weighted by Gasteiger charge is -2.14. The fourth-order valence-electron chi connectivity index (χ4n) is 3.09. The number of benzene rings is 1. The number of amides is 1. The van der Waals surface area contributed by atoms with E-state index in [2.05, 4.69) is 10.3 Å². The van der Waals surface area contributed by atoms with Gasteiger partial charge in [0.25, 0.3) is 5.91 Å². The van der Waals surface area contributed by atoms with Crippen LogP contribution in [-0.2, 0) is 9.53 Å². The Hall–Kier alpha value is -3.00. The maximum Gasteiger partial charge on any atom is 0.355 e. The highest BCUT2D eigenvalue weighted by atomic mass is 16.7. The van der Waals surface area contributed by atoms with Crippen molar-refractivity contribution in [1.29, 1.82) is 0 Å². The number of aromatic nitrogens is 1. The van der Waals surface area contributed by atoms with Gasteiger partial charge in [-0.2, -0.15) is 0 Å². The number of esters is 1. The first-order chi connectivity index (χ1) is 12.8. The zero-order valence-electron chi connectivity index (χ0n) is 15.6. The highest BCUT2D eigenvalue weighted by Gasteiger charge is 2.25. The van der Waals surface area contributed by atoms with Crippen LogP contribution in [0, 0.1) is 13.8 Å². The zero-order valence-corrected chi connectivity index (χ0v) is 15.6. The van der Waals surface area contributed by atoms with Crippen molar-refractivity contribution in [2.75, 3.05) is 12.1 Å². The van der Waals surface area contributed by atoms with Crippen LogP contribution in [0.25, 0.3) is 0 Å². The summed E-state index contributed by atoms with van der Waals surface area (Å²) in [4.78, 5) is 27.7. The Labute approximate surface area is 156 Å². The first-order valence-electron chi connectivity index (χ1n) is 8.56. The maximum atomic E-state index is 12.4. The normalized spacial score (nSPS) is 14.6. The summed E-state index contributed by atoms with van der Waals surface area (Å²) >= 11 is 0. The molecule has 0 saturated heterocycles. The molecule has 0 radical (unpaired) electrons. The van der Waals surface area contributed by atoms with E-state index in [1.807, 2.05) is 0 Å². The van der Waals surface area contributed by atoms with E-state index in [-0.39, 0.29) is 12.5 Å². The Morgan fingerprint density at radius 3 is 2.59 bits per heavy atom. The summed E-state index contributed by atoms with van der Waals surface area (Å²) in [7, 11) is 0. The molecule has 1 amide bonds. The number of H-pyrrole nitrogens is 1. The summed E-state index contributed by atoms with van der Waals surface area (Å²) in [5.74, 6) is 0.0225. The minimum absolute atomic E-state index is 0.143. The maximum absolute atomic E-state index is 12.4. The monoisotopic (exact) mass is 374 g/mol. The van der Waals surface area contributed by atoms with Crippen LogP contribution >= 0.6 is 0 Å². The van der Waals surface area contributed by atoms with Gasteiger partial charge < -0.3 is 29.6 Å². The number of aliphatic hydroxyl groups excluding tert-OH is 1. The average molecular weight is 374 g/mol. The molecule has 2 atom stereocenters. The molecule has 0 unspecified atom stereocenters. The molecule has 0 fully saturated rings. The van der Waals surface area contributed by atoms with Gasteiger partial charge in [0, 0.05) is 23.0 Å². The largest absolute Gasteiger partial charge is 0.454 e. The van der Waals surface area contributed by atoms with Crippen LogP contribution < -0.4 is 14.8 Å². The minimum Gasteiger partial charge on any atom is -0.454 e. The van der Waals surface area contributed by atoms with Gasteiger partial charge in [0.2, 0.25) is 6.79 Å². The van der Waals surface area contributed by atoms with E-state index in [0.717, 1.165) is 0 Å². The number of aromatic amines is 1. The van der Waals surface area contributed by atoms with Gasteiger partial charge in [0.05, 0.1) is 6.10 Å². The molecule has 2 heterocycles. The van der Waals surface area contributed by atoms with Crippen LogP contribution in [0.15, 0.2) is 18.2 Å². The molecule has 3 rings (SSSR count). The number of nitrogens with one attached hydrogen (secondary N) is 2. The Bertz CT molecular complexity index is 887. The summed E-state index contributed by atoms with van der Waals surface area (Å²) in [6.07, 6.45) is -1.73. The van der Waals surface area contributed by atoms with Crippen LogP contribution in [-0.4, -0.2) is 34.9 Å². The van der Waals surface area contributed by atoms with Gasteiger partial charge in [-0.05, 0) is 45.4 Å². The van der Waals surface area contributed by atoms with Crippen molar-refractivity contribution in [3.8, 4) is 11.5 Å². The molecule has 1 aromatic carbocycles. The van der Waals surface area contributed by atoms with E-state index in [4.69, 9.17) is 14.2 Å². The van der Waals surface area contributed by atoms with E-state index in [1.165, 1.54) is 6.92 Å². The van der Waals surface area contributed by atoms with E-state index in [1.54, 1.807) is 39.0 Å². The summed E-state index contributed by atoms with van der Waals surface area (Å²) in [5.41, 5.74) is 2.68. The lowest BCUT2D eigenvalue weighted by molar-refractivity contribution is -0.123. The Morgan fingerprint density at radius 2 is 1.93 bits per heavy atom. The molecule has 0 spiro atoms. The predicted molar refractivity (Wildman–Crippen MR) is 97.0 cm³/mol. The summed E-state index contributed by atoms with van der Waals surface area (Å²) in [5, 5.41) is 12.5. The van der Waals surface area contributed by atoms with Crippen molar-refractivity contribution in [2.24, 2.45) is 0 Å². The van der Waals surface area contributed by atoms with Crippen molar-refractivity contribution in [2.45, 2.75) is 39.9 Å². The molecule has 1 aliphatic heterocycles. The number of fused-ring (bicyclic) bond motifs is 1. The number of aryl methyl sites for hydroxylation is 1. The number of hydrogen-bond donors (Lipinski definition) is 3. The van der Waals surface area contributed by atoms with Gasteiger partial charge >= 0.3 is 5.97 Å². The number of aliphatic hydroxyl groups is 1. The molecular formula is C19H22N2O6. The van der Waals surface area contributed by atoms with Gasteiger partial charge in [-0.15, -0.1) is 0 Å². The third kappa shape index (κ3) is 3.75. The van der Waals surface area contributed by atoms with Gasteiger partial charge in [-0.25, -0.2) is 4.79 Å².